The highest BCUT2D eigenvalue weighted by atomic mass is 19.2. The van der Waals surface area contributed by atoms with Gasteiger partial charge in [0.25, 0.3) is 0 Å². The molecule has 1 aromatic carbocycles. The summed E-state index contributed by atoms with van der Waals surface area (Å²) in [7, 11) is 0. The molecule has 77 valence electrons. The van der Waals surface area contributed by atoms with Crippen molar-refractivity contribution < 1.29 is 13.2 Å². The molecule has 0 nitrogen and oxygen atoms in total. The average Bonchev–Trinajstić information content (AvgIpc) is 2.19. The standard InChI is InChI=1S/C11H12F3/c1-4-5-8-6(2)10(13)11(14)7(3)9(8)12/h2,4-5H2,1,3H3. The van der Waals surface area contributed by atoms with Gasteiger partial charge in [-0.2, -0.15) is 0 Å². The molecule has 1 rings (SSSR count). The summed E-state index contributed by atoms with van der Waals surface area (Å²) in [5.41, 5.74) is -0.241. The van der Waals surface area contributed by atoms with E-state index in [1.807, 2.05) is 6.92 Å². The molecule has 3 heteroatoms. The number of halogens is 3. The molecule has 1 radical (unpaired) electrons. The summed E-state index contributed by atoms with van der Waals surface area (Å²) >= 11 is 0. The van der Waals surface area contributed by atoms with Gasteiger partial charge in [0.05, 0.1) is 0 Å². The maximum atomic E-state index is 13.4. The molecule has 0 bridgehead atoms. The highest BCUT2D eigenvalue weighted by Gasteiger charge is 2.18. The smallest absolute Gasteiger partial charge is 0.164 e. The molecule has 0 amide bonds. The van der Waals surface area contributed by atoms with Crippen molar-refractivity contribution in [1.82, 2.24) is 0 Å². The molecule has 0 N–H and O–H groups in total. The van der Waals surface area contributed by atoms with E-state index in [2.05, 4.69) is 6.92 Å². The number of hydrogen-bond acceptors (Lipinski definition) is 0. The van der Waals surface area contributed by atoms with Crippen LogP contribution in [0.3, 0.4) is 0 Å². The Hall–Kier alpha value is -0.990. The van der Waals surface area contributed by atoms with Crippen LogP contribution in [0.15, 0.2) is 0 Å². The molecule has 0 atom stereocenters. The van der Waals surface area contributed by atoms with Crippen molar-refractivity contribution in [3.8, 4) is 0 Å². The number of hydrogen-bond donors (Lipinski definition) is 0. The van der Waals surface area contributed by atoms with Gasteiger partial charge in [-0.1, -0.05) is 13.3 Å². The summed E-state index contributed by atoms with van der Waals surface area (Å²) in [5, 5.41) is 0. The van der Waals surface area contributed by atoms with E-state index in [1.54, 1.807) is 0 Å². The van der Waals surface area contributed by atoms with E-state index in [1.165, 1.54) is 6.92 Å². The lowest BCUT2D eigenvalue weighted by molar-refractivity contribution is 0.477. The molecule has 0 spiro atoms. The van der Waals surface area contributed by atoms with Crippen LogP contribution >= 0.6 is 0 Å². The molecule has 0 aliphatic carbocycles. The van der Waals surface area contributed by atoms with Crippen molar-refractivity contribution in [3.63, 3.8) is 0 Å². The maximum Gasteiger partial charge on any atom is 0.164 e. The van der Waals surface area contributed by atoms with E-state index in [9.17, 15) is 13.2 Å². The quantitative estimate of drug-likeness (QED) is 0.642. The fourth-order valence-corrected chi connectivity index (χ4v) is 1.40. The van der Waals surface area contributed by atoms with Gasteiger partial charge in [-0.05, 0) is 31.4 Å². The summed E-state index contributed by atoms with van der Waals surface area (Å²) in [6.45, 7) is 6.42. The molecule has 1 aromatic rings. The predicted octanol–water partition coefficient (Wildman–Crippen LogP) is 3.55. The maximum absolute atomic E-state index is 13.4. The molecular formula is C11H12F3. The lowest BCUT2D eigenvalue weighted by Gasteiger charge is -2.10. The first-order valence-electron chi connectivity index (χ1n) is 4.48. The third kappa shape index (κ3) is 1.63. The Morgan fingerprint density at radius 1 is 1.07 bits per heavy atom. The second kappa shape index (κ2) is 4.03. The first kappa shape index (κ1) is 11.1. The summed E-state index contributed by atoms with van der Waals surface area (Å²) in [6.07, 6.45) is 1.05. The van der Waals surface area contributed by atoms with Gasteiger partial charge in [-0.3, -0.25) is 0 Å². The SMILES string of the molecule is [CH2]c1c(F)c(F)c(C)c(F)c1CCC. The molecule has 0 saturated heterocycles. The van der Waals surface area contributed by atoms with Crippen LogP contribution in [0.5, 0.6) is 0 Å². The molecule has 0 aliphatic heterocycles. The summed E-state index contributed by atoms with van der Waals surface area (Å²) in [6, 6.07) is 0. The molecular weight excluding hydrogens is 189 g/mol. The second-order valence-electron chi connectivity index (χ2n) is 3.27. The third-order valence-corrected chi connectivity index (χ3v) is 2.25. The zero-order valence-corrected chi connectivity index (χ0v) is 8.26. The van der Waals surface area contributed by atoms with Gasteiger partial charge < -0.3 is 0 Å². The van der Waals surface area contributed by atoms with Crippen LogP contribution in [0.2, 0.25) is 0 Å². The van der Waals surface area contributed by atoms with Crippen LogP contribution in [0.25, 0.3) is 0 Å². The number of rotatable bonds is 2. The van der Waals surface area contributed by atoms with Crippen LogP contribution in [0.4, 0.5) is 13.2 Å². The molecule has 14 heavy (non-hydrogen) atoms. The zero-order chi connectivity index (χ0) is 10.9. The van der Waals surface area contributed by atoms with Crippen LogP contribution in [0.1, 0.15) is 30.0 Å². The third-order valence-electron chi connectivity index (χ3n) is 2.25. The van der Waals surface area contributed by atoms with Gasteiger partial charge in [-0.15, -0.1) is 0 Å². The topological polar surface area (TPSA) is 0 Å². The Morgan fingerprint density at radius 2 is 1.64 bits per heavy atom. The van der Waals surface area contributed by atoms with Crippen LogP contribution in [0, 0.1) is 31.3 Å². The van der Waals surface area contributed by atoms with Crippen molar-refractivity contribution in [2.24, 2.45) is 0 Å². The Balaban J connectivity index is 3.43. The normalized spacial score (nSPS) is 10.7. The van der Waals surface area contributed by atoms with E-state index in [0.717, 1.165) is 0 Å². The van der Waals surface area contributed by atoms with E-state index >= 15 is 0 Å². The highest BCUT2D eigenvalue weighted by molar-refractivity contribution is 5.37. The Kier molecular flexibility index (Phi) is 3.19. The fraction of sp³-hybridized carbons (Fsp3) is 0.364. The van der Waals surface area contributed by atoms with Gasteiger partial charge >= 0.3 is 0 Å². The van der Waals surface area contributed by atoms with Gasteiger partial charge in [0.2, 0.25) is 0 Å². The van der Waals surface area contributed by atoms with Crippen molar-refractivity contribution in [1.29, 1.82) is 0 Å². The largest absolute Gasteiger partial charge is 0.206 e. The van der Waals surface area contributed by atoms with E-state index in [0.29, 0.717) is 12.8 Å². The van der Waals surface area contributed by atoms with E-state index in [-0.39, 0.29) is 16.7 Å². The van der Waals surface area contributed by atoms with Crippen molar-refractivity contribution >= 4 is 0 Å². The van der Waals surface area contributed by atoms with Gasteiger partial charge in [0, 0.05) is 5.56 Å². The van der Waals surface area contributed by atoms with Gasteiger partial charge in [0.1, 0.15) is 5.82 Å². The van der Waals surface area contributed by atoms with Crippen LogP contribution in [-0.4, -0.2) is 0 Å². The number of benzene rings is 1. The minimum absolute atomic E-state index is 0.160. The molecule has 0 aliphatic rings. The second-order valence-corrected chi connectivity index (χ2v) is 3.27. The molecule has 0 aromatic heterocycles. The van der Waals surface area contributed by atoms with Crippen molar-refractivity contribution in [2.75, 3.05) is 0 Å². The lowest BCUT2D eigenvalue weighted by Crippen LogP contribution is -2.04. The summed E-state index contributed by atoms with van der Waals surface area (Å²) < 4.78 is 39.6. The predicted molar refractivity (Wildman–Crippen MR) is 49.5 cm³/mol. The molecule has 0 saturated carbocycles. The fourth-order valence-electron chi connectivity index (χ4n) is 1.40. The first-order valence-corrected chi connectivity index (χ1v) is 4.48. The zero-order valence-electron chi connectivity index (χ0n) is 8.26. The van der Waals surface area contributed by atoms with Crippen molar-refractivity contribution in [2.45, 2.75) is 26.7 Å². The van der Waals surface area contributed by atoms with E-state index < -0.39 is 17.5 Å². The molecule has 0 heterocycles. The van der Waals surface area contributed by atoms with Crippen LogP contribution in [-0.2, 0) is 6.42 Å². The summed E-state index contributed by atoms with van der Waals surface area (Å²) in [4.78, 5) is 0. The van der Waals surface area contributed by atoms with Crippen molar-refractivity contribution in [3.05, 3.63) is 41.1 Å². The van der Waals surface area contributed by atoms with Gasteiger partial charge in [-0.25, -0.2) is 13.2 Å². The Labute approximate surface area is 81.8 Å². The first-order chi connectivity index (χ1) is 6.50. The average molecular weight is 201 g/mol. The minimum Gasteiger partial charge on any atom is -0.206 e. The molecule has 0 fully saturated rings. The lowest BCUT2D eigenvalue weighted by atomic mass is 9.99. The highest BCUT2D eigenvalue weighted by Crippen LogP contribution is 2.24. The molecule has 0 unspecified atom stereocenters. The Bertz CT molecular complexity index is 327. The minimum atomic E-state index is -1.13. The van der Waals surface area contributed by atoms with E-state index in [4.69, 9.17) is 0 Å². The van der Waals surface area contributed by atoms with Gasteiger partial charge in [0.15, 0.2) is 11.6 Å². The monoisotopic (exact) mass is 201 g/mol. The summed E-state index contributed by atoms with van der Waals surface area (Å²) in [5.74, 6) is -2.84. The van der Waals surface area contributed by atoms with Crippen LogP contribution < -0.4 is 0 Å². The Morgan fingerprint density at radius 3 is 2.14 bits per heavy atom.